The van der Waals surface area contributed by atoms with Gasteiger partial charge in [0.2, 0.25) is 0 Å². The van der Waals surface area contributed by atoms with Gasteiger partial charge in [-0.2, -0.15) is 0 Å². The Balaban J connectivity index is 2.23. The van der Waals surface area contributed by atoms with Gasteiger partial charge in [0.05, 0.1) is 6.04 Å². The maximum atomic E-state index is 6.24. The van der Waals surface area contributed by atoms with Crippen molar-refractivity contribution in [3.05, 3.63) is 71.3 Å². The highest BCUT2D eigenvalue weighted by molar-refractivity contribution is 5.33. The highest BCUT2D eigenvalue weighted by Gasteiger charge is 2.08. The molecular weight excluding hydrogens is 206 g/mol. The van der Waals surface area contributed by atoms with Gasteiger partial charge in [-0.3, -0.25) is 0 Å². The minimum atomic E-state index is -0.0302. The standard InChI is InChI=1S/C16H19N/c1-12(2)13-8-10-15(11-9-13)16(17)14-6-4-3-5-7-14/h3-12,16H,17H2,1-2H3/t16-/m0/s1. The molecule has 1 atom stereocenters. The Kier molecular flexibility index (Phi) is 3.60. The van der Waals surface area contributed by atoms with Gasteiger partial charge in [-0.15, -0.1) is 0 Å². The lowest BCUT2D eigenvalue weighted by atomic mass is 9.96. The minimum absolute atomic E-state index is 0.0302. The zero-order chi connectivity index (χ0) is 12.3. The van der Waals surface area contributed by atoms with Gasteiger partial charge in [-0.1, -0.05) is 68.4 Å². The summed E-state index contributed by atoms with van der Waals surface area (Å²) in [6, 6.07) is 18.8. The lowest BCUT2D eigenvalue weighted by molar-refractivity contribution is 0.847. The van der Waals surface area contributed by atoms with E-state index in [1.165, 1.54) is 11.1 Å². The molecule has 17 heavy (non-hydrogen) atoms. The Morgan fingerprint density at radius 2 is 1.18 bits per heavy atom. The SMILES string of the molecule is CC(C)c1ccc([C@@H](N)c2ccccc2)cc1. The first kappa shape index (κ1) is 11.9. The Bertz CT molecular complexity index is 457. The van der Waals surface area contributed by atoms with E-state index in [1.807, 2.05) is 18.2 Å². The van der Waals surface area contributed by atoms with E-state index in [0.29, 0.717) is 5.92 Å². The second kappa shape index (κ2) is 5.15. The van der Waals surface area contributed by atoms with Crippen LogP contribution in [0.4, 0.5) is 0 Å². The first-order chi connectivity index (χ1) is 8.18. The fraction of sp³-hybridized carbons (Fsp3) is 0.250. The lowest BCUT2D eigenvalue weighted by Crippen LogP contribution is -2.11. The molecule has 2 aromatic rings. The first-order valence-corrected chi connectivity index (χ1v) is 6.09. The van der Waals surface area contributed by atoms with Crippen molar-refractivity contribution in [2.75, 3.05) is 0 Å². The maximum Gasteiger partial charge on any atom is 0.0551 e. The summed E-state index contributed by atoms with van der Waals surface area (Å²) in [5.41, 5.74) is 9.92. The van der Waals surface area contributed by atoms with Crippen molar-refractivity contribution < 1.29 is 0 Å². The van der Waals surface area contributed by atoms with Crippen molar-refractivity contribution in [2.45, 2.75) is 25.8 Å². The van der Waals surface area contributed by atoms with Gasteiger partial charge >= 0.3 is 0 Å². The van der Waals surface area contributed by atoms with E-state index in [0.717, 1.165) is 5.56 Å². The molecule has 0 aliphatic carbocycles. The van der Waals surface area contributed by atoms with E-state index in [-0.39, 0.29) is 6.04 Å². The second-order valence-electron chi connectivity index (χ2n) is 4.71. The lowest BCUT2D eigenvalue weighted by Gasteiger charge is -2.14. The molecule has 0 radical (unpaired) electrons. The molecule has 2 rings (SSSR count). The van der Waals surface area contributed by atoms with Gasteiger partial charge in [0.1, 0.15) is 0 Å². The maximum absolute atomic E-state index is 6.24. The molecule has 0 saturated heterocycles. The third kappa shape index (κ3) is 2.75. The van der Waals surface area contributed by atoms with Crippen molar-refractivity contribution in [1.82, 2.24) is 0 Å². The molecule has 88 valence electrons. The van der Waals surface area contributed by atoms with E-state index >= 15 is 0 Å². The average Bonchev–Trinajstić information content (AvgIpc) is 2.39. The summed E-state index contributed by atoms with van der Waals surface area (Å²) in [6.45, 7) is 4.40. The third-order valence-electron chi connectivity index (χ3n) is 3.12. The molecule has 1 heteroatoms. The van der Waals surface area contributed by atoms with Crippen LogP contribution in [0, 0.1) is 0 Å². The molecule has 2 aromatic carbocycles. The molecule has 0 heterocycles. The van der Waals surface area contributed by atoms with E-state index in [4.69, 9.17) is 5.73 Å². The van der Waals surface area contributed by atoms with E-state index in [9.17, 15) is 0 Å². The van der Waals surface area contributed by atoms with Crippen molar-refractivity contribution in [2.24, 2.45) is 5.73 Å². The topological polar surface area (TPSA) is 26.0 Å². The highest BCUT2D eigenvalue weighted by atomic mass is 14.6. The number of hydrogen-bond donors (Lipinski definition) is 1. The monoisotopic (exact) mass is 225 g/mol. The second-order valence-corrected chi connectivity index (χ2v) is 4.71. The Hall–Kier alpha value is -1.60. The number of rotatable bonds is 3. The smallest absolute Gasteiger partial charge is 0.0551 e. The van der Waals surface area contributed by atoms with Crippen molar-refractivity contribution in [3.63, 3.8) is 0 Å². The molecule has 0 bridgehead atoms. The van der Waals surface area contributed by atoms with Crippen molar-refractivity contribution >= 4 is 0 Å². The van der Waals surface area contributed by atoms with E-state index < -0.39 is 0 Å². The molecule has 0 aromatic heterocycles. The summed E-state index contributed by atoms with van der Waals surface area (Å²) in [7, 11) is 0. The number of benzene rings is 2. The zero-order valence-electron chi connectivity index (χ0n) is 10.4. The quantitative estimate of drug-likeness (QED) is 0.843. The Morgan fingerprint density at radius 3 is 1.71 bits per heavy atom. The molecule has 0 saturated carbocycles. The Labute approximate surface area is 103 Å². The van der Waals surface area contributed by atoms with Crippen molar-refractivity contribution in [3.8, 4) is 0 Å². The molecule has 0 amide bonds. The fourth-order valence-electron chi connectivity index (χ4n) is 1.94. The summed E-state index contributed by atoms with van der Waals surface area (Å²) < 4.78 is 0. The van der Waals surface area contributed by atoms with Crippen LogP contribution in [0.1, 0.15) is 42.5 Å². The van der Waals surface area contributed by atoms with Crippen LogP contribution in [0.25, 0.3) is 0 Å². The summed E-state index contributed by atoms with van der Waals surface area (Å²) in [6.07, 6.45) is 0. The highest BCUT2D eigenvalue weighted by Crippen LogP contribution is 2.21. The fourth-order valence-corrected chi connectivity index (χ4v) is 1.94. The Morgan fingerprint density at radius 1 is 0.706 bits per heavy atom. The number of nitrogens with two attached hydrogens (primary N) is 1. The third-order valence-corrected chi connectivity index (χ3v) is 3.12. The number of hydrogen-bond acceptors (Lipinski definition) is 1. The first-order valence-electron chi connectivity index (χ1n) is 6.09. The van der Waals surface area contributed by atoms with Gasteiger partial charge < -0.3 is 5.73 Å². The van der Waals surface area contributed by atoms with Gasteiger partial charge in [0.25, 0.3) is 0 Å². The van der Waals surface area contributed by atoms with Gasteiger partial charge in [-0.25, -0.2) is 0 Å². The van der Waals surface area contributed by atoms with E-state index in [1.54, 1.807) is 0 Å². The summed E-state index contributed by atoms with van der Waals surface area (Å²) in [4.78, 5) is 0. The van der Waals surface area contributed by atoms with Crippen LogP contribution >= 0.6 is 0 Å². The van der Waals surface area contributed by atoms with Gasteiger partial charge in [0.15, 0.2) is 0 Å². The molecule has 1 nitrogen and oxygen atoms in total. The summed E-state index contributed by atoms with van der Waals surface area (Å²) >= 11 is 0. The van der Waals surface area contributed by atoms with Gasteiger partial charge in [0, 0.05) is 0 Å². The summed E-state index contributed by atoms with van der Waals surface area (Å²) in [5.74, 6) is 0.567. The average molecular weight is 225 g/mol. The van der Waals surface area contributed by atoms with Crippen LogP contribution in [-0.2, 0) is 0 Å². The summed E-state index contributed by atoms with van der Waals surface area (Å²) in [5, 5.41) is 0. The molecular formula is C16H19N. The molecule has 0 fully saturated rings. The van der Waals surface area contributed by atoms with Crippen LogP contribution < -0.4 is 5.73 Å². The van der Waals surface area contributed by atoms with Crippen LogP contribution in [0.3, 0.4) is 0 Å². The minimum Gasteiger partial charge on any atom is -0.320 e. The molecule has 0 unspecified atom stereocenters. The van der Waals surface area contributed by atoms with Crippen LogP contribution in [-0.4, -0.2) is 0 Å². The molecule has 0 spiro atoms. The molecule has 2 N–H and O–H groups in total. The van der Waals surface area contributed by atoms with Gasteiger partial charge in [-0.05, 0) is 22.6 Å². The predicted molar refractivity (Wildman–Crippen MR) is 73.0 cm³/mol. The van der Waals surface area contributed by atoms with E-state index in [2.05, 4.69) is 50.2 Å². The van der Waals surface area contributed by atoms with Crippen molar-refractivity contribution in [1.29, 1.82) is 0 Å². The normalized spacial score (nSPS) is 12.7. The van der Waals surface area contributed by atoms with Crippen LogP contribution in [0.15, 0.2) is 54.6 Å². The van der Waals surface area contributed by atoms with Crippen LogP contribution in [0.2, 0.25) is 0 Å². The molecule has 0 aliphatic heterocycles. The van der Waals surface area contributed by atoms with Crippen LogP contribution in [0.5, 0.6) is 0 Å². The largest absolute Gasteiger partial charge is 0.320 e. The molecule has 0 aliphatic rings. The predicted octanol–water partition coefficient (Wildman–Crippen LogP) is 3.86. The zero-order valence-corrected chi connectivity index (χ0v) is 10.4.